The fraction of sp³-hybridized carbons (Fsp3) is 0.111. The van der Waals surface area contributed by atoms with Crippen LogP contribution in [0.2, 0.25) is 11.1 Å². The average molecular weight is 904 g/mol. The molecule has 0 spiro atoms. The minimum atomic E-state index is -2.69. The summed E-state index contributed by atoms with van der Waals surface area (Å²) in [4.78, 5) is 0. The molecule has 0 nitrogen and oxygen atoms in total. The summed E-state index contributed by atoms with van der Waals surface area (Å²) in [5.41, 5.74) is 6.32. The number of benzene rings is 8. The van der Waals surface area contributed by atoms with Crippen LogP contribution in [0.1, 0.15) is 27.7 Å². The van der Waals surface area contributed by atoms with Crippen LogP contribution < -0.4 is 10.4 Å². The fourth-order valence-corrected chi connectivity index (χ4v) is 16.8. The Bertz CT molecular complexity index is 2820. The van der Waals surface area contributed by atoms with Crippen LogP contribution in [0.3, 0.4) is 0 Å². The van der Waals surface area contributed by atoms with Crippen molar-refractivity contribution in [1.29, 1.82) is 0 Å². The first kappa shape index (κ1) is 39.3. The van der Waals surface area contributed by atoms with E-state index in [2.05, 4.69) is 198 Å². The molecular weight excluding hydrogens is 855 g/mol. The van der Waals surface area contributed by atoms with Gasteiger partial charge in [0, 0.05) is 8.07 Å². The molecule has 10 rings (SSSR count). The third kappa shape index (κ3) is 5.71. The van der Waals surface area contributed by atoms with Crippen LogP contribution in [0.5, 0.6) is 0 Å². The molecule has 0 aliphatic carbocycles. The predicted molar refractivity (Wildman–Crippen MR) is 248 cm³/mol. The Morgan fingerprint density at radius 2 is 0.714 bits per heavy atom. The SMILES string of the molecule is CC(C)[Si](c1c(-c2cccc3ccc4ccccc4c23)[cH-]c2ccccc12)(c1c(-c2cccc3ccc4ccccc4c23)[cH-]c2ccccc12)C(C)C.[CH3-].[CH3-].[Hf+4]. The van der Waals surface area contributed by atoms with Crippen LogP contribution in [-0.4, -0.2) is 8.07 Å². The van der Waals surface area contributed by atoms with Crippen LogP contribution in [0.25, 0.3) is 86.9 Å². The summed E-state index contributed by atoms with van der Waals surface area (Å²) in [7, 11) is -2.69. The van der Waals surface area contributed by atoms with Crippen molar-refractivity contribution in [2.75, 3.05) is 0 Å². The molecule has 0 aliphatic heterocycles. The first-order valence-corrected chi connectivity index (χ1v) is 21.3. The smallest absolute Gasteiger partial charge is 0.358 e. The summed E-state index contributed by atoms with van der Waals surface area (Å²) in [6, 6.07) is 64.5. The second-order valence-electron chi connectivity index (χ2n) is 15.6. The molecule has 0 radical (unpaired) electrons. The zero-order valence-corrected chi connectivity index (χ0v) is 37.9. The average Bonchev–Trinajstić information content (AvgIpc) is 3.77. The molecule has 0 aromatic heterocycles. The van der Waals surface area contributed by atoms with E-state index in [1.165, 1.54) is 86.9 Å². The van der Waals surface area contributed by atoms with Gasteiger partial charge < -0.3 is 14.9 Å². The first-order chi connectivity index (χ1) is 26.0. The summed E-state index contributed by atoms with van der Waals surface area (Å²) < 4.78 is 0. The molecule has 272 valence electrons. The van der Waals surface area contributed by atoms with E-state index in [9.17, 15) is 0 Å². The number of hydrogen-bond acceptors (Lipinski definition) is 0. The maximum atomic E-state index is 2.53. The van der Waals surface area contributed by atoms with Gasteiger partial charge in [-0.25, -0.2) is 0 Å². The molecule has 0 bridgehead atoms. The van der Waals surface area contributed by atoms with Crippen molar-refractivity contribution in [2.45, 2.75) is 38.8 Å². The molecule has 0 heterocycles. The minimum absolute atomic E-state index is 0. The third-order valence-electron chi connectivity index (χ3n) is 12.4. The molecule has 0 saturated heterocycles. The van der Waals surface area contributed by atoms with Gasteiger partial charge in [0.2, 0.25) is 0 Å². The maximum Gasteiger partial charge on any atom is 4.00 e. The summed E-state index contributed by atoms with van der Waals surface area (Å²) >= 11 is 0. The van der Waals surface area contributed by atoms with E-state index in [1.54, 1.807) is 10.4 Å². The molecule has 2 heteroatoms. The molecule has 10 aromatic carbocycles. The van der Waals surface area contributed by atoms with Crippen molar-refractivity contribution < 1.29 is 25.8 Å². The molecule has 0 unspecified atom stereocenters. The third-order valence-corrected chi connectivity index (χ3v) is 18.7. The Hall–Kier alpha value is -4.89. The van der Waals surface area contributed by atoms with Gasteiger partial charge in [0.25, 0.3) is 0 Å². The molecule has 0 atom stereocenters. The van der Waals surface area contributed by atoms with E-state index in [1.807, 2.05) is 0 Å². The predicted octanol–water partition coefficient (Wildman–Crippen LogP) is 14.7. The molecule has 0 aliphatic rings. The van der Waals surface area contributed by atoms with Gasteiger partial charge >= 0.3 is 25.8 Å². The van der Waals surface area contributed by atoms with Crippen LogP contribution in [0.15, 0.2) is 170 Å². The van der Waals surface area contributed by atoms with Gasteiger partial charge in [-0.15, -0.1) is 67.3 Å². The zero-order valence-electron chi connectivity index (χ0n) is 33.3. The van der Waals surface area contributed by atoms with E-state index >= 15 is 0 Å². The van der Waals surface area contributed by atoms with Crippen LogP contribution in [0, 0.1) is 14.9 Å². The monoisotopic (exact) mass is 904 g/mol. The topological polar surface area (TPSA) is 0 Å². The van der Waals surface area contributed by atoms with Crippen molar-refractivity contribution in [3.8, 4) is 22.3 Å². The van der Waals surface area contributed by atoms with E-state index in [0.29, 0.717) is 11.1 Å². The normalized spacial score (nSPS) is 11.8. The van der Waals surface area contributed by atoms with Crippen molar-refractivity contribution in [3.63, 3.8) is 0 Å². The van der Waals surface area contributed by atoms with Gasteiger partial charge in [0.15, 0.2) is 0 Å². The van der Waals surface area contributed by atoms with E-state index in [-0.39, 0.29) is 40.7 Å². The molecule has 10 aromatic rings. The Balaban J connectivity index is 0.00000160. The second kappa shape index (κ2) is 15.2. The van der Waals surface area contributed by atoms with Gasteiger partial charge in [-0.05, 0) is 43.1 Å². The Morgan fingerprint density at radius 3 is 1.12 bits per heavy atom. The Kier molecular flexibility index (Phi) is 10.7. The largest absolute Gasteiger partial charge is 4.00 e. The van der Waals surface area contributed by atoms with Crippen molar-refractivity contribution in [2.24, 2.45) is 0 Å². The molecule has 0 N–H and O–H groups in total. The Labute approximate surface area is 352 Å². The number of rotatable bonds is 6. The van der Waals surface area contributed by atoms with Crippen LogP contribution >= 0.6 is 0 Å². The van der Waals surface area contributed by atoms with Crippen molar-refractivity contribution in [3.05, 3.63) is 185 Å². The van der Waals surface area contributed by atoms with Crippen molar-refractivity contribution in [1.82, 2.24) is 0 Å². The minimum Gasteiger partial charge on any atom is -0.358 e. The summed E-state index contributed by atoms with van der Waals surface area (Å²) in [5, 5.41) is 19.2. The zero-order chi connectivity index (χ0) is 35.8. The standard InChI is InChI=1S/C52H42Si.2CH3.Hf/c1-33(2)53(34(3)4,51-43-23-11-7-17-39(43)31-47(51)45-25-13-19-37-29-27-35-15-5-9-21-41(35)49(37)45)52-44-24-12-8-18-40(44)32-48(52)46-26-14-20-38-30-28-36-16-6-10-22-42(36)50(38)46;;;/h5-34H,1-4H3;2*1H3;/q-2;2*-1;+4. The van der Waals surface area contributed by atoms with Crippen LogP contribution in [0.4, 0.5) is 0 Å². The van der Waals surface area contributed by atoms with E-state index < -0.39 is 8.07 Å². The molecular formula is C54H48HfSi. The van der Waals surface area contributed by atoms with Crippen molar-refractivity contribution >= 4 is 83.1 Å². The van der Waals surface area contributed by atoms with Gasteiger partial charge in [-0.3, -0.25) is 0 Å². The molecule has 0 saturated carbocycles. The van der Waals surface area contributed by atoms with E-state index in [4.69, 9.17) is 0 Å². The molecule has 56 heavy (non-hydrogen) atoms. The van der Waals surface area contributed by atoms with Crippen LogP contribution in [-0.2, 0) is 25.8 Å². The summed E-state index contributed by atoms with van der Waals surface area (Å²) in [6.07, 6.45) is 0. The van der Waals surface area contributed by atoms with E-state index in [0.717, 1.165) is 0 Å². The molecule has 0 amide bonds. The van der Waals surface area contributed by atoms with Gasteiger partial charge in [-0.2, -0.15) is 0 Å². The fourth-order valence-electron chi connectivity index (χ4n) is 10.3. The first-order valence-electron chi connectivity index (χ1n) is 19.2. The quantitative estimate of drug-likeness (QED) is 0.0886. The Morgan fingerprint density at radius 1 is 0.375 bits per heavy atom. The van der Waals surface area contributed by atoms with Gasteiger partial charge in [0.1, 0.15) is 0 Å². The number of fused-ring (bicyclic) bond motifs is 8. The summed E-state index contributed by atoms with van der Waals surface area (Å²) in [5.74, 6) is 0. The number of hydrogen-bond donors (Lipinski definition) is 0. The summed E-state index contributed by atoms with van der Waals surface area (Å²) in [6.45, 7) is 10.1. The molecule has 0 fully saturated rings. The maximum absolute atomic E-state index is 2.69. The second-order valence-corrected chi connectivity index (χ2v) is 20.6. The van der Waals surface area contributed by atoms with Gasteiger partial charge in [0.05, 0.1) is 0 Å². The van der Waals surface area contributed by atoms with Gasteiger partial charge in [-0.1, -0.05) is 195 Å².